The maximum absolute atomic E-state index is 5.60. The average molecular weight is 136 g/mol. The van der Waals surface area contributed by atoms with Gasteiger partial charge in [-0.25, -0.2) is 9.31 Å². The largest absolute Gasteiger partial charge is 0.397 e. The monoisotopic (exact) mass is 136 g/mol. The van der Waals surface area contributed by atoms with Crippen LogP contribution < -0.4 is 11.6 Å². The van der Waals surface area contributed by atoms with Crippen LogP contribution >= 0.6 is 0 Å². The molecule has 4 nitrogen and oxygen atoms in total. The number of fused-ring (bicyclic) bond motifs is 1. The van der Waals surface area contributed by atoms with Gasteiger partial charge in [-0.15, -0.1) is 0 Å². The molecule has 2 heterocycles. The minimum absolute atomic E-state index is 0.754. The first-order valence-corrected chi connectivity index (χ1v) is 2.98. The van der Waals surface area contributed by atoms with Crippen molar-refractivity contribution in [2.24, 2.45) is 0 Å². The number of nitrogen functional groups attached to an aromatic ring is 2. The summed E-state index contributed by atoms with van der Waals surface area (Å²) in [6.45, 7) is 0. The predicted molar refractivity (Wildman–Crippen MR) is 39.9 cm³/mol. The lowest BCUT2D eigenvalue weighted by molar-refractivity contribution is 0.764. The van der Waals surface area contributed by atoms with Crippen LogP contribution in [0.4, 0.5) is 5.69 Å². The SMILES string of the molecule is Nc1ccn2c1ccn2N. The van der Waals surface area contributed by atoms with Crippen LogP contribution in [0.2, 0.25) is 0 Å². The highest BCUT2D eigenvalue weighted by atomic mass is 15.5. The van der Waals surface area contributed by atoms with Crippen LogP contribution in [-0.4, -0.2) is 9.31 Å². The average Bonchev–Trinajstić information content (AvgIpc) is 2.41. The molecular weight excluding hydrogens is 128 g/mol. The molecule has 4 heteroatoms. The van der Waals surface area contributed by atoms with Crippen molar-refractivity contribution >= 4 is 11.2 Å². The Labute approximate surface area is 57.6 Å². The lowest BCUT2D eigenvalue weighted by atomic mass is 10.4. The first kappa shape index (κ1) is 5.22. The second kappa shape index (κ2) is 1.47. The van der Waals surface area contributed by atoms with Crippen LogP contribution in [0.5, 0.6) is 0 Å². The quantitative estimate of drug-likeness (QED) is 0.502. The van der Waals surface area contributed by atoms with E-state index in [0.717, 1.165) is 11.2 Å². The molecule has 0 saturated carbocycles. The minimum atomic E-state index is 0.754. The van der Waals surface area contributed by atoms with Gasteiger partial charge in [0, 0.05) is 12.4 Å². The van der Waals surface area contributed by atoms with E-state index in [4.69, 9.17) is 11.6 Å². The molecule has 0 fully saturated rings. The van der Waals surface area contributed by atoms with Crippen molar-refractivity contribution in [1.29, 1.82) is 0 Å². The van der Waals surface area contributed by atoms with Crippen LogP contribution in [0.15, 0.2) is 24.5 Å². The van der Waals surface area contributed by atoms with Gasteiger partial charge in [0.05, 0.1) is 11.2 Å². The fourth-order valence-electron chi connectivity index (χ4n) is 1.04. The van der Waals surface area contributed by atoms with E-state index < -0.39 is 0 Å². The van der Waals surface area contributed by atoms with Gasteiger partial charge in [-0.05, 0) is 12.1 Å². The highest BCUT2D eigenvalue weighted by Gasteiger charge is 1.98. The molecule has 0 bridgehead atoms. The van der Waals surface area contributed by atoms with Gasteiger partial charge < -0.3 is 11.6 Å². The van der Waals surface area contributed by atoms with Gasteiger partial charge in [0.25, 0.3) is 0 Å². The molecule has 0 aliphatic rings. The molecule has 0 aromatic carbocycles. The van der Waals surface area contributed by atoms with Crippen LogP contribution in [0.3, 0.4) is 0 Å². The highest BCUT2D eigenvalue weighted by Crippen LogP contribution is 2.13. The standard InChI is InChI=1S/C6H8N4/c7-5-1-3-9-6(5)2-4-10(9)8/h1-4H,7-8H2. The Morgan fingerprint density at radius 1 is 1.20 bits per heavy atom. The molecule has 0 spiro atoms. The summed E-state index contributed by atoms with van der Waals surface area (Å²) < 4.78 is 1.77. The lowest BCUT2D eigenvalue weighted by Gasteiger charge is -1.92. The topological polar surface area (TPSA) is 61.4 Å². The van der Waals surface area contributed by atoms with Crippen molar-refractivity contribution in [3.05, 3.63) is 24.5 Å². The third kappa shape index (κ3) is 0.452. The van der Waals surface area contributed by atoms with E-state index >= 15 is 0 Å². The second-order valence-corrected chi connectivity index (χ2v) is 2.20. The lowest BCUT2D eigenvalue weighted by Crippen LogP contribution is -2.11. The molecular formula is C6H8N4. The zero-order valence-corrected chi connectivity index (χ0v) is 5.36. The Morgan fingerprint density at radius 3 is 2.70 bits per heavy atom. The molecule has 0 aliphatic heterocycles. The maximum Gasteiger partial charge on any atom is 0.0890 e. The summed E-state index contributed by atoms with van der Waals surface area (Å²) in [6.07, 6.45) is 3.58. The summed E-state index contributed by atoms with van der Waals surface area (Å²) in [6, 6.07) is 3.69. The normalized spacial score (nSPS) is 10.8. The van der Waals surface area contributed by atoms with Crippen LogP contribution in [0.1, 0.15) is 0 Å². The van der Waals surface area contributed by atoms with Gasteiger partial charge in [0.15, 0.2) is 0 Å². The summed E-state index contributed by atoms with van der Waals surface area (Å²) >= 11 is 0. The third-order valence-electron chi connectivity index (χ3n) is 1.57. The molecule has 0 aliphatic carbocycles. The Hall–Kier alpha value is -1.58. The van der Waals surface area contributed by atoms with Crippen LogP contribution in [0, 0.1) is 0 Å². The zero-order valence-electron chi connectivity index (χ0n) is 5.36. The number of hydrogen-bond donors (Lipinski definition) is 2. The number of rotatable bonds is 0. The van der Waals surface area contributed by atoms with Crippen molar-refractivity contribution in [3.8, 4) is 0 Å². The van der Waals surface area contributed by atoms with Crippen molar-refractivity contribution in [2.75, 3.05) is 11.6 Å². The van der Waals surface area contributed by atoms with Gasteiger partial charge in [0.2, 0.25) is 0 Å². The summed E-state index contributed by atoms with van der Waals surface area (Å²) in [5.74, 6) is 5.51. The summed E-state index contributed by atoms with van der Waals surface area (Å²) in [5.41, 5.74) is 7.30. The van der Waals surface area contributed by atoms with E-state index in [2.05, 4.69) is 0 Å². The Kier molecular flexibility index (Phi) is 0.768. The minimum Gasteiger partial charge on any atom is -0.397 e. The molecule has 4 N–H and O–H groups in total. The van der Waals surface area contributed by atoms with Gasteiger partial charge >= 0.3 is 0 Å². The Bertz CT molecular complexity index is 321. The highest BCUT2D eigenvalue weighted by molar-refractivity contribution is 5.69. The third-order valence-corrected chi connectivity index (χ3v) is 1.57. The predicted octanol–water partition coefficient (Wildman–Crippen LogP) is 0.0368. The van der Waals surface area contributed by atoms with Crippen molar-refractivity contribution < 1.29 is 0 Å². The fourth-order valence-corrected chi connectivity index (χ4v) is 1.04. The van der Waals surface area contributed by atoms with E-state index in [1.54, 1.807) is 10.7 Å². The van der Waals surface area contributed by atoms with Gasteiger partial charge in [0.1, 0.15) is 0 Å². The molecule has 2 rings (SSSR count). The number of hydrogen-bond acceptors (Lipinski definition) is 2. The molecule has 0 saturated heterocycles. The van der Waals surface area contributed by atoms with Crippen molar-refractivity contribution in [1.82, 2.24) is 9.31 Å². The molecule has 10 heavy (non-hydrogen) atoms. The van der Waals surface area contributed by atoms with E-state index in [-0.39, 0.29) is 0 Å². The van der Waals surface area contributed by atoms with E-state index in [9.17, 15) is 0 Å². The molecule has 0 atom stereocenters. The first-order valence-electron chi connectivity index (χ1n) is 2.98. The molecule has 2 aromatic heterocycles. The summed E-state index contributed by atoms with van der Waals surface area (Å²) in [5, 5.41) is 0. The van der Waals surface area contributed by atoms with E-state index in [1.165, 1.54) is 4.79 Å². The molecule has 0 amide bonds. The fraction of sp³-hybridized carbons (Fsp3) is 0. The smallest absolute Gasteiger partial charge is 0.0890 e. The number of anilines is 1. The first-order chi connectivity index (χ1) is 4.79. The molecule has 0 radical (unpaired) electrons. The number of nitrogens with two attached hydrogens (primary N) is 2. The van der Waals surface area contributed by atoms with Crippen LogP contribution in [0.25, 0.3) is 5.52 Å². The second-order valence-electron chi connectivity index (χ2n) is 2.20. The van der Waals surface area contributed by atoms with Gasteiger partial charge in [-0.2, -0.15) is 0 Å². The zero-order chi connectivity index (χ0) is 7.14. The summed E-state index contributed by atoms with van der Waals surface area (Å²) in [4.78, 5) is 1.48. The molecule has 52 valence electrons. The Morgan fingerprint density at radius 2 is 2.00 bits per heavy atom. The van der Waals surface area contributed by atoms with E-state index in [1.807, 2.05) is 18.3 Å². The van der Waals surface area contributed by atoms with E-state index in [0.29, 0.717) is 0 Å². The van der Waals surface area contributed by atoms with Crippen molar-refractivity contribution in [3.63, 3.8) is 0 Å². The maximum atomic E-state index is 5.60. The van der Waals surface area contributed by atoms with Gasteiger partial charge in [-0.1, -0.05) is 0 Å². The number of nitrogens with zero attached hydrogens (tertiary/aromatic N) is 2. The molecule has 0 unspecified atom stereocenters. The van der Waals surface area contributed by atoms with Crippen molar-refractivity contribution in [2.45, 2.75) is 0 Å². The Balaban J connectivity index is 2.95. The molecule has 2 aromatic rings. The summed E-state index contributed by atoms with van der Waals surface area (Å²) in [7, 11) is 0. The number of aromatic nitrogens is 2. The van der Waals surface area contributed by atoms with Crippen LogP contribution in [-0.2, 0) is 0 Å². The van der Waals surface area contributed by atoms with Gasteiger partial charge in [-0.3, -0.25) is 0 Å².